The second kappa shape index (κ2) is 8.10. The number of hydrogen-bond acceptors (Lipinski definition) is 6. The fraction of sp³-hybridized carbons (Fsp3) is 0.640. The molecule has 6 nitrogen and oxygen atoms in total. The van der Waals surface area contributed by atoms with Crippen LogP contribution in [0.25, 0.3) is 10.1 Å². The largest absolute Gasteiger partial charge is 0.353 e. The minimum Gasteiger partial charge on any atom is -0.353 e. The molecule has 2 saturated heterocycles. The number of nitrogens with zero attached hydrogens (tertiary/aromatic N) is 4. The molecule has 1 unspecified atom stereocenters. The van der Waals surface area contributed by atoms with Gasteiger partial charge in [-0.2, -0.15) is 4.37 Å². The van der Waals surface area contributed by atoms with Crippen LogP contribution in [0.15, 0.2) is 24.3 Å². The topological polar surface area (TPSA) is 56.8 Å². The van der Waals surface area contributed by atoms with Gasteiger partial charge in [0.1, 0.15) is 5.82 Å². The molecule has 32 heavy (non-hydrogen) atoms. The zero-order chi connectivity index (χ0) is 21.8. The van der Waals surface area contributed by atoms with Gasteiger partial charge in [-0.25, -0.2) is 0 Å². The first kappa shape index (κ1) is 20.6. The second-order valence-corrected chi connectivity index (χ2v) is 11.0. The molecule has 5 atom stereocenters. The Morgan fingerprint density at radius 1 is 1.03 bits per heavy atom. The lowest BCUT2D eigenvalue weighted by Gasteiger charge is -2.38. The van der Waals surface area contributed by atoms with E-state index in [1.165, 1.54) is 10.1 Å². The number of hydrogen-bond donors (Lipinski definition) is 0. The summed E-state index contributed by atoms with van der Waals surface area (Å²) in [6.45, 7) is 6.94. The molecule has 2 aliphatic heterocycles. The van der Waals surface area contributed by atoms with Crippen molar-refractivity contribution in [3.05, 3.63) is 24.3 Å². The van der Waals surface area contributed by atoms with E-state index in [4.69, 9.17) is 4.37 Å². The zero-order valence-corrected chi connectivity index (χ0v) is 19.6. The molecule has 0 spiro atoms. The third-order valence-corrected chi connectivity index (χ3v) is 9.43. The Bertz CT molecular complexity index is 1000. The van der Waals surface area contributed by atoms with Crippen molar-refractivity contribution in [2.75, 3.05) is 37.6 Å². The molecule has 6 rings (SSSR count). The predicted molar refractivity (Wildman–Crippen MR) is 127 cm³/mol. The standard InChI is InChI=1S/C25H32N4O2S/c1-16(5-4-10-29-24(30)21-17-8-9-18(15-17)22(21)25(29)31)27-11-13-28(14-12-27)23-19-6-2-3-7-20(19)32-26-23/h2-3,6-7,16-18,21-22H,4-5,8-15H2,1H3/t16?,17-,18+,21+,22-. The highest BCUT2D eigenvalue weighted by Crippen LogP contribution is 2.56. The predicted octanol–water partition coefficient (Wildman–Crippen LogP) is 3.62. The van der Waals surface area contributed by atoms with Gasteiger partial charge < -0.3 is 4.90 Å². The molecule has 2 aromatic rings. The van der Waals surface area contributed by atoms with Crippen LogP contribution >= 0.6 is 11.5 Å². The highest BCUT2D eigenvalue weighted by molar-refractivity contribution is 7.13. The summed E-state index contributed by atoms with van der Waals surface area (Å²) in [4.78, 5) is 32.4. The van der Waals surface area contributed by atoms with Crippen LogP contribution in [0.1, 0.15) is 39.0 Å². The Kier molecular flexibility index (Phi) is 5.22. The number of likely N-dealkylation sites (tertiary alicyclic amines) is 1. The molecule has 170 valence electrons. The molecule has 2 bridgehead atoms. The first-order valence-electron chi connectivity index (χ1n) is 12.3. The van der Waals surface area contributed by atoms with Crippen LogP contribution in [0.2, 0.25) is 0 Å². The van der Waals surface area contributed by atoms with E-state index >= 15 is 0 Å². The maximum Gasteiger partial charge on any atom is 0.233 e. The second-order valence-electron chi connectivity index (χ2n) is 10.2. The maximum atomic E-state index is 12.9. The van der Waals surface area contributed by atoms with Gasteiger partial charge in [0, 0.05) is 44.2 Å². The Balaban J connectivity index is 0.998. The van der Waals surface area contributed by atoms with E-state index < -0.39 is 0 Å². The maximum absolute atomic E-state index is 12.9. The average molecular weight is 453 g/mol. The van der Waals surface area contributed by atoms with Crippen molar-refractivity contribution < 1.29 is 9.59 Å². The van der Waals surface area contributed by atoms with Gasteiger partial charge in [0.05, 0.1) is 16.5 Å². The van der Waals surface area contributed by atoms with E-state index in [1.807, 2.05) is 0 Å². The number of carbonyl (C=O) groups is 2. The molecule has 2 amide bonds. The number of aromatic nitrogens is 1. The Morgan fingerprint density at radius 3 is 2.44 bits per heavy atom. The molecule has 0 N–H and O–H groups in total. The van der Waals surface area contributed by atoms with Crippen LogP contribution in [-0.2, 0) is 9.59 Å². The summed E-state index contributed by atoms with van der Waals surface area (Å²) in [7, 11) is 0. The summed E-state index contributed by atoms with van der Waals surface area (Å²) in [6, 6.07) is 8.94. The summed E-state index contributed by atoms with van der Waals surface area (Å²) in [6.07, 6.45) is 5.35. The number of piperazine rings is 1. The fourth-order valence-electron chi connectivity index (χ4n) is 6.89. The lowest BCUT2D eigenvalue weighted by Crippen LogP contribution is -2.50. The number of imide groups is 1. The number of amides is 2. The first-order valence-corrected chi connectivity index (χ1v) is 13.1. The van der Waals surface area contributed by atoms with Gasteiger partial charge in [-0.1, -0.05) is 12.1 Å². The summed E-state index contributed by atoms with van der Waals surface area (Å²) >= 11 is 1.58. The Hall–Kier alpha value is -1.99. The fourth-order valence-corrected chi connectivity index (χ4v) is 7.69. The molecule has 3 heterocycles. The van der Waals surface area contributed by atoms with E-state index in [9.17, 15) is 9.59 Å². The molecule has 1 aromatic heterocycles. The van der Waals surface area contributed by atoms with Crippen molar-refractivity contribution in [3.8, 4) is 0 Å². The number of benzene rings is 1. The third kappa shape index (κ3) is 3.27. The van der Waals surface area contributed by atoms with E-state index in [-0.39, 0.29) is 23.7 Å². The van der Waals surface area contributed by atoms with Gasteiger partial charge in [-0.3, -0.25) is 19.4 Å². The molecule has 0 radical (unpaired) electrons. The van der Waals surface area contributed by atoms with Crippen LogP contribution in [0.4, 0.5) is 5.82 Å². The highest BCUT2D eigenvalue weighted by Gasteiger charge is 2.60. The van der Waals surface area contributed by atoms with Gasteiger partial charge in [-0.15, -0.1) is 0 Å². The summed E-state index contributed by atoms with van der Waals surface area (Å²) < 4.78 is 5.97. The minimum absolute atomic E-state index is 0.0218. The van der Waals surface area contributed by atoms with Crippen molar-refractivity contribution in [2.45, 2.75) is 45.1 Å². The third-order valence-electron chi connectivity index (χ3n) is 8.62. The molecule has 4 fully saturated rings. The quantitative estimate of drug-likeness (QED) is 0.627. The van der Waals surface area contributed by atoms with Gasteiger partial charge in [0.15, 0.2) is 0 Å². The van der Waals surface area contributed by atoms with Crippen LogP contribution in [0, 0.1) is 23.7 Å². The van der Waals surface area contributed by atoms with Gasteiger partial charge in [0.2, 0.25) is 11.8 Å². The number of anilines is 1. The molecule has 2 saturated carbocycles. The van der Waals surface area contributed by atoms with Crippen molar-refractivity contribution in [3.63, 3.8) is 0 Å². The smallest absolute Gasteiger partial charge is 0.233 e. The van der Waals surface area contributed by atoms with Crippen molar-refractivity contribution >= 4 is 39.3 Å². The number of fused-ring (bicyclic) bond motifs is 6. The van der Waals surface area contributed by atoms with Crippen LogP contribution in [0.3, 0.4) is 0 Å². The van der Waals surface area contributed by atoms with Crippen molar-refractivity contribution in [1.29, 1.82) is 0 Å². The van der Waals surface area contributed by atoms with Gasteiger partial charge >= 0.3 is 0 Å². The van der Waals surface area contributed by atoms with E-state index in [1.54, 1.807) is 16.4 Å². The lowest BCUT2D eigenvalue weighted by atomic mass is 9.81. The monoisotopic (exact) mass is 452 g/mol. The summed E-state index contributed by atoms with van der Waals surface area (Å²) in [5, 5.41) is 1.26. The molecule has 4 aliphatic rings. The first-order chi connectivity index (χ1) is 15.6. The van der Waals surface area contributed by atoms with Crippen LogP contribution < -0.4 is 4.90 Å². The molecule has 2 aliphatic carbocycles. The summed E-state index contributed by atoms with van der Waals surface area (Å²) in [5.41, 5.74) is 0. The average Bonchev–Trinajstić information content (AvgIpc) is 3.59. The van der Waals surface area contributed by atoms with Crippen molar-refractivity contribution in [2.24, 2.45) is 23.7 Å². The SMILES string of the molecule is CC(CCCN1C(=O)[C@@H]2[C@H]3CC[C@H](C3)[C@@H]2C1=O)N1CCN(c2nsc3ccccc23)CC1. The molecular formula is C25H32N4O2S. The minimum atomic E-state index is 0.0218. The Labute approximate surface area is 193 Å². The highest BCUT2D eigenvalue weighted by atomic mass is 32.1. The number of rotatable bonds is 6. The summed E-state index contributed by atoms with van der Waals surface area (Å²) in [5.74, 6) is 2.42. The van der Waals surface area contributed by atoms with Gasteiger partial charge in [0.25, 0.3) is 0 Å². The van der Waals surface area contributed by atoms with Crippen LogP contribution in [0.5, 0.6) is 0 Å². The van der Waals surface area contributed by atoms with E-state index in [2.05, 4.69) is 41.0 Å². The molecule has 7 heteroatoms. The van der Waals surface area contributed by atoms with E-state index in [0.29, 0.717) is 24.4 Å². The molecular weight excluding hydrogens is 420 g/mol. The normalized spacial score (nSPS) is 31.2. The number of carbonyl (C=O) groups excluding carboxylic acids is 2. The lowest BCUT2D eigenvalue weighted by molar-refractivity contribution is -0.140. The van der Waals surface area contributed by atoms with E-state index in [0.717, 1.165) is 64.1 Å². The van der Waals surface area contributed by atoms with Crippen molar-refractivity contribution in [1.82, 2.24) is 14.2 Å². The zero-order valence-electron chi connectivity index (χ0n) is 18.8. The molecule has 1 aromatic carbocycles. The van der Waals surface area contributed by atoms with Gasteiger partial charge in [-0.05, 0) is 74.5 Å². The van der Waals surface area contributed by atoms with Crippen LogP contribution in [-0.4, -0.2) is 64.8 Å². The Morgan fingerprint density at radius 2 is 1.72 bits per heavy atom.